The predicted octanol–water partition coefficient (Wildman–Crippen LogP) is 4.31. The van der Waals surface area contributed by atoms with Crippen molar-refractivity contribution < 1.29 is 27.8 Å². The number of aromatic nitrogens is 2. The minimum Gasteiger partial charge on any atom is -0.493 e. The molecule has 0 radical (unpaired) electrons. The molecule has 1 aromatic heterocycles. The van der Waals surface area contributed by atoms with E-state index in [0.29, 0.717) is 53.4 Å². The average molecular weight is 456 g/mol. The number of ether oxygens (including phenoxy) is 3. The molecule has 2 heterocycles. The van der Waals surface area contributed by atoms with E-state index in [0.717, 1.165) is 12.8 Å². The number of urea groups is 1. The average Bonchev–Trinajstić information content (AvgIpc) is 3.34. The van der Waals surface area contributed by atoms with Gasteiger partial charge in [0.2, 0.25) is 17.5 Å². The number of nitrogens with one attached hydrogen (secondary N) is 1. The Hall–Kier alpha value is -3.82. The highest BCUT2D eigenvalue weighted by atomic mass is 19.1. The number of carbonyl (C=O) groups excluding carboxylic acids is 1. The van der Waals surface area contributed by atoms with E-state index in [-0.39, 0.29) is 17.8 Å². The van der Waals surface area contributed by atoms with E-state index in [1.54, 1.807) is 29.2 Å². The van der Waals surface area contributed by atoms with E-state index in [9.17, 15) is 9.18 Å². The number of anilines is 1. The van der Waals surface area contributed by atoms with Crippen LogP contribution in [0.5, 0.6) is 17.2 Å². The van der Waals surface area contributed by atoms with E-state index in [2.05, 4.69) is 15.5 Å². The van der Waals surface area contributed by atoms with Gasteiger partial charge < -0.3 is 28.8 Å². The monoisotopic (exact) mass is 456 g/mol. The second-order valence-electron chi connectivity index (χ2n) is 7.58. The van der Waals surface area contributed by atoms with Crippen LogP contribution in [-0.4, -0.2) is 55.5 Å². The Labute approximate surface area is 190 Å². The molecule has 1 aliphatic rings. The minimum absolute atomic E-state index is 0.0915. The molecule has 1 fully saturated rings. The number of likely N-dealkylation sites (tertiary alicyclic amines) is 1. The molecule has 3 aromatic rings. The zero-order valence-electron chi connectivity index (χ0n) is 18.6. The quantitative estimate of drug-likeness (QED) is 0.590. The summed E-state index contributed by atoms with van der Waals surface area (Å²) in [5, 5.41) is 11.1. The highest BCUT2D eigenvalue weighted by Gasteiger charge is 2.29. The van der Waals surface area contributed by atoms with Crippen molar-refractivity contribution >= 4 is 11.7 Å². The summed E-state index contributed by atoms with van der Waals surface area (Å²) in [6.45, 7) is 1.03. The fourth-order valence-electron chi connectivity index (χ4n) is 3.83. The van der Waals surface area contributed by atoms with Gasteiger partial charge in [-0.1, -0.05) is 0 Å². The van der Waals surface area contributed by atoms with Crippen LogP contribution in [0, 0.1) is 5.82 Å². The minimum atomic E-state index is -0.334. The van der Waals surface area contributed by atoms with Crippen LogP contribution in [0.25, 0.3) is 11.5 Å². The van der Waals surface area contributed by atoms with Crippen molar-refractivity contribution in [2.45, 2.75) is 18.8 Å². The van der Waals surface area contributed by atoms with E-state index < -0.39 is 0 Å². The van der Waals surface area contributed by atoms with Crippen molar-refractivity contribution in [1.82, 2.24) is 15.1 Å². The van der Waals surface area contributed by atoms with Gasteiger partial charge in [-0.25, -0.2) is 9.18 Å². The number of nitrogens with zero attached hydrogens (tertiary/aromatic N) is 3. The second kappa shape index (κ2) is 9.76. The number of methoxy groups -OCH3 is 3. The molecular formula is C23H25FN4O5. The molecule has 0 spiro atoms. The third-order valence-electron chi connectivity index (χ3n) is 5.51. The fourth-order valence-corrected chi connectivity index (χ4v) is 3.83. The fraction of sp³-hybridized carbons (Fsp3) is 0.348. The first-order chi connectivity index (χ1) is 16.0. The molecule has 1 unspecified atom stereocenters. The molecule has 1 N–H and O–H groups in total. The Morgan fingerprint density at radius 2 is 1.79 bits per heavy atom. The Bertz CT molecular complexity index is 1090. The largest absolute Gasteiger partial charge is 0.493 e. The van der Waals surface area contributed by atoms with Crippen LogP contribution < -0.4 is 19.5 Å². The molecule has 1 aliphatic heterocycles. The smallest absolute Gasteiger partial charge is 0.321 e. The van der Waals surface area contributed by atoms with Crippen LogP contribution in [-0.2, 0) is 0 Å². The molecule has 0 saturated carbocycles. The van der Waals surface area contributed by atoms with Crippen molar-refractivity contribution in [3.63, 3.8) is 0 Å². The summed E-state index contributed by atoms with van der Waals surface area (Å²) in [5.74, 6) is 1.70. The maximum absolute atomic E-state index is 13.2. The summed E-state index contributed by atoms with van der Waals surface area (Å²) in [5.41, 5.74) is 1.16. The summed E-state index contributed by atoms with van der Waals surface area (Å²) < 4.78 is 35.0. The zero-order chi connectivity index (χ0) is 23.4. The molecule has 33 heavy (non-hydrogen) atoms. The van der Waals surface area contributed by atoms with Crippen molar-refractivity contribution in [1.29, 1.82) is 0 Å². The highest BCUT2D eigenvalue weighted by Crippen LogP contribution is 2.40. The number of halogens is 1. The van der Waals surface area contributed by atoms with Gasteiger partial charge in [0.25, 0.3) is 0 Å². The lowest BCUT2D eigenvalue weighted by Crippen LogP contribution is -2.41. The molecular weight excluding hydrogens is 431 g/mol. The third-order valence-corrected chi connectivity index (χ3v) is 5.51. The van der Waals surface area contributed by atoms with Crippen LogP contribution in [0.3, 0.4) is 0 Å². The summed E-state index contributed by atoms with van der Waals surface area (Å²) in [6.07, 6.45) is 1.61. The maximum Gasteiger partial charge on any atom is 0.321 e. The van der Waals surface area contributed by atoms with Crippen LogP contribution in [0.2, 0.25) is 0 Å². The van der Waals surface area contributed by atoms with Gasteiger partial charge in [-0.3, -0.25) is 0 Å². The molecule has 1 saturated heterocycles. The number of rotatable bonds is 6. The first-order valence-corrected chi connectivity index (χ1v) is 10.5. The lowest BCUT2D eigenvalue weighted by molar-refractivity contribution is 0.187. The Kier molecular flexibility index (Phi) is 6.62. The lowest BCUT2D eigenvalue weighted by Gasteiger charge is -2.31. The van der Waals surface area contributed by atoms with Crippen molar-refractivity contribution in [3.05, 3.63) is 48.1 Å². The van der Waals surface area contributed by atoms with Crippen LogP contribution >= 0.6 is 0 Å². The highest BCUT2D eigenvalue weighted by molar-refractivity contribution is 5.90. The normalized spacial score (nSPS) is 15.8. The van der Waals surface area contributed by atoms with Crippen molar-refractivity contribution in [3.8, 4) is 28.7 Å². The zero-order valence-corrected chi connectivity index (χ0v) is 18.6. The first kappa shape index (κ1) is 22.4. The number of hydrogen-bond donors (Lipinski definition) is 1. The first-order valence-electron chi connectivity index (χ1n) is 10.5. The number of hydrogen-bond acceptors (Lipinski definition) is 7. The lowest BCUT2D eigenvalue weighted by atomic mass is 9.98. The maximum atomic E-state index is 13.2. The summed E-state index contributed by atoms with van der Waals surface area (Å²) in [6, 6.07) is 8.95. The Morgan fingerprint density at radius 3 is 2.42 bits per heavy atom. The standard InChI is InChI=1S/C23H25FN4O5/c1-30-18-11-17(12-19(31-2)20(18)32-3)25-23(29)28-10-4-5-15(13-28)22-27-26-21(33-22)14-6-8-16(24)9-7-14/h6-9,11-12,15H,4-5,10,13H2,1-3H3,(H,25,29). The number of benzene rings is 2. The van der Waals surface area contributed by atoms with Gasteiger partial charge in [0.05, 0.1) is 32.9 Å². The van der Waals surface area contributed by atoms with Gasteiger partial charge in [0.1, 0.15) is 5.82 Å². The van der Waals surface area contributed by atoms with Crippen LogP contribution in [0.4, 0.5) is 14.9 Å². The summed E-state index contributed by atoms with van der Waals surface area (Å²) in [4.78, 5) is 14.7. The number of piperidine rings is 1. The van der Waals surface area contributed by atoms with Gasteiger partial charge in [-0.05, 0) is 37.1 Å². The van der Waals surface area contributed by atoms with E-state index in [4.69, 9.17) is 18.6 Å². The third kappa shape index (κ3) is 4.84. The molecule has 9 nitrogen and oxygen atoms in total. The van der Waals surface area contributed by atoms with Crippen LogP contribution in [0.1, 0.15) is 24.7 Å². The Morgan fingerprint density at radius 1 is 1.09 bits per heavy atom. The molecule has 0 bridgehead atoms. The molecule has 2 aromatic carbocycles. The van der Waals surface area contributed by atoms with Crippen molar-refractivity contribution in [2.75, 3.05) is 39.7 Å². The molecule has 1 atom stereocenters. The molecule has 10 heteroatoms. The van der Waals surface area contributed by atoms with Gasteiger partial charge in [0.15, 0.2) is 11.5 Å². The van der Waals surface area contributed by atoms with Gasteiger partial charge in [0, 0.05) is 30.8 Å². The van der Waals surface area contributed by atoms with E-state index >= 15 is 0 Å². The topological polar surface area (TPSA) is 99.0 Å². The van der Waals surface area contributed by atoms with E-state index in [1.165, 1.54) is 33.5 Å². The van der Waals surface area contributed by atoms with Crippen molar-refractivity contribution in [2.24, 2.45) is 0 Å². The molecule has 4 rings (SSSR count). The molecule has 0 aliphatic carbocycles. The molecule has 174 valence electrons. The number of amides is 2. The SMILES string of the molecule is COc1cc(NC(=O)N2CCCC(c3nnc(-c4ccc(F)cc4)o3)C2)cc(OC)c1OC. The Balaban J connectivity index is 1.46. The van der Waals surface area contributed by atoms with Gasteiger partial charge in [-0.15, -0.1) is 10.2 Å². The summed E-state index contributed by atoms with van der Waals surface area (Å²) >= 11 is 0. The summed E-state index contributed by atoms with van der Waals surface area (Å²) in [7, 11) is 4.55. The van der Waals surface area contributed by atoms with Crippen LogP contribution in [0.15, 0.2) is 40.8 Å². The number of carbonyl (C=O) groups is 1. The van der Waals surface area contributed by atoms with Gasteiger partial charge >= 0.3 is 6.03 Å². The van der Waals surface area contributed by atoms with Gasteiger partial charge in [-0.2, -0.15) is 0 Å². The molecule has 2 amide bonds. The second-order valence-corrected chi connectivity index (χ2v) is 7.58. The predicted molar refractivity (Wildman–Crippen MR) is 118 cm³/mol. The van der Waals surface area contributed by atoms with E-state index in [1.807, 2.05) is 0 Å².